The van der Waals surface area contributed by atoms with Crippen molar-refractivity contribution in [3.63, 3.8) is 0 Å². The van der Waals surface area contributed by atoms with E-state index in [2.05, 4.69) is 22.3 Å². The van der Waals surface area contributed by atoms with Crippen LogP contribution in [-0.2, 0) is 6.54 Å². The third-order valence-electron chi connectivity index (χ3n) is 6.00. The molecule has 2 aromatic heterocycles. The van der Waals surface area contributed by atoms with Crippen LogP contribution in [0.5, 0.6) is 0 Å². The Morgan fingerprint density at radius 2 is 2.07 bits per heavy atom. The zero-order valence-corrected chi connectivity index (χ0v) is 17.8. The Hall–Kier alpha value is -1.63. The average molecular weight is 402 g/mol. The second kappa shape index (κ2) is 8.80. The van der Waals surface area contributed by atoms with Crippen LogP contribution in [0, 0.1) is 12.8 Å². The summed E-state index contributed by atoms with van der Waals surface area (Å²) in [5.74, 6) is 2.78. The number of likely N-dealkylation sites (tertiary alicyclic amines) is 1. The van der Waals surface area contributed by atoms with Crippen LogP contribution in [0.1, 0.15) is 57.8 Å². The standard InChI is InChI=1S/C22H31N3O2S/c1-16-5-6-18(27-16)15-25-12-9-17(10-13-25)14-24(2)22(26)21-8-7-20(28-21)19-4-3-11-23-19/h5-8,17,19,23H,3-4,9-15H2,1-2H3. The number of hydrogen-bond acceptors (Lipinski definition) is 5. The summed E-state index contributed by atoms with van der Waals surface area (Å²) in [7, 11) is 1.95. The van der Waals surface area contributed by atoms with Crippen molar-refractivity contribution in [1.82, 2.24) is 15.1 Å². The summed E-state index contributed by atoms with van der Waals surface area (Å²) in [4.78, 5) is 19.4. The highest BCUT2D eigenvalue weighted by Gasteiger charge is 2.25. The first-order chi connectivity index (χ1) is 13.6. The molecule has 1 unspecified atom stereocenters. The molecule has 1 amide bonds. The summed E-state index contributed by atoms with van der Waals surface area (Å²) in [5, 5.41) is 3.52. The summed E-state index contributed by atoms with van der Waals surface area (Å²) in [5.41, 5.74) is 0. The molecule has 4 heterocycles. The van der Waals surface area contributed by atoms with Crippen molar-refractivity contribution in [2.45, 2.75) is 45.2 Å². The van der Waals surface area contributed by atoms with Crippen LogP contribution in [0.4, 0.5) is 0 Å². The van der Waals surface area contributed by atoms with E-state index >= 15 is 0 Å². The molecule has 2 aliphatic heterocycles. The molecule has 2 aromatic rings. The Bertz CT molecular complexity index is 785. The molecular formula is C22H31N3O2S. The second-order valence-corrected chi connectivity index (χ2v) is 9.38. The highest BCUT2D eigenvalue weighted by atomic mass is 32.1. The predicted molar refractivity (Wildman–Crippen MR) is 113 cm³/mol. The van der Waals surface area contributed by atoms with Crippen LogP contribution in [0.2, 0.25) is 0 Å². The summed E-state index contributed by atoms with van der Waals surface area (Å²) >= 11 is 1.66. The van der Waals surface area contributed by atoms with E-state index in [0.29, 0.717) is 12.0 Å². The number of carbonyl (C=O) groups excluding carboxylic acids is 1. The van der Waals surface area contributed by atoms with Gasteiger partial charge in [0.1, 0.15) is 11.5 Å². The number of aryl methyl sites for hydroxylation is 1. The minimum absolute atomic E-state index is 0.169. The molecule has 1 atom stereocenters. The lowest BCUT2D eigenvalue weighted by Gasteiger charge is -2.33. The van der Waals surface area contributed by atoms with Gasteiger partial charge in [-0.2, -0.15) is 0 Å². The van der Waals surface area contributed by atoms with E-state index in [1.54, 1.807) is 11.3 Å². The fourth-order valence-electron chi connectivity index (χ4n) is 4.36. The van der Waals surface area contributed by atoms with Crippen LogP contribution in [0.3, 0.4) is 0 Å². The molecule has 0 radical (unpaired) electrons. The zero-order valence-electron chi connectivity index (χ0n) is 16.9. The van der Waals surface area contributed by atoms with E-state index in [1.807, 2.05) is 31.0 Å². The van der Waals surface area contributed by atoms with Crippen molar-refractivity contribution < 1.29 is 9.21 Å². The number of furan rings is 1. The number of piperidine rings is 1. The van der Waals surface area contributed by atoms with E-state index in [4.69, 9.17) is 4.42 Å². The topological polar surface area (TPSA) is 48.7 Å². The van der Waals surface area contributed by atoms with Crippen LogP contribution < -0.4 is 5.32 Å². The van der Waals surface area contributed by atoms with E-state index in [1.165, 1.54) is 17.7 Å². The first-order valence-electron chi connectivity index (χ1n) is 10.4. The number of hydrogen-bond donors (Lipinski definition) is 1. The largest absolute Gasteiger partial charge is 0.465 e. The van der Waals surface area contributed by atoms with Crippen LogP contribution >= 0.6 is 11.3 Å². The minimum atomic E-state index is 0.169. The Kier molecular flexibility index (Phi) is 6.19. The predicted octanol–water partition coefficient (Wildman–Crippen LogP) is 4.06. The summed E-state index contributed by atoms with van der Waals surface area (Å²) in [6, 6.07) is 8.68. The van der Waals surface area contributed by atoms with Gasteiger partial charge in [-0.15, -0.1) is 11.3 Å². The van der Waals surface area contributed by atoms with Crippen molar-refractivity contribution in [2.24, 2.45) is 5.92 Å². The number of rotatable bonds is 6. The Morgan fingerprint density at radius 1 is 1.25 bits per heavy atom. The molecule has 0 bridgehead atoms. The zero-order chi connectivity index (χ0) is 19.5. The van der Waals surface area contributed by atoms with E-state index in [0.717, 1.165) is 62.0 Å². The van der Waals surface area contributed by atoms with Gasteiger partial charge < -0.3 is 14.6 Å². The molecule has 0 aromatic carbocycles. The number of thiophene rings is 1. The quantitative estimate of drug-likeness (QED) is 0.793. The maximum Gasteiger partial charge on any atom is 0.263 e. The lowest BCUT2D eigenvalue weighted by Crippen LogP contribution is -2.39. The highest BCUT2D eigenvalue weighted by Crippen LogP contribution is 2.30. The third kappa shape index (κ3) is 4.67. The number of nitrogens with one attached hydrogen (secondary N) is 1. The van der Waals surface area contributed by atoms with E-state index < -0.39 is 0 Å². The summed E-state index contributed by atoms with van der Waals surface area (Å²) in [6.45, 7) is 6.96. The third-order valence-corrected chi connectivity index (χ3v) is 7.19. The SMILES string of the molecule is Cc1ccc(CN2CCC(CN(C)C(=O)c3ccc(C4CCCN4)s3)CC2)o1. The first kappa shape index (κ1) is 19.7. The van der Waals surface area contributed by atoms with Gasteiger partial charge in [0.25, 0.3) is 5.91 Å². The molecule has 0 saturated carbocycles. The molecule has 0 aliphatic carbocycles. The van der Waals surface area contributed by atoms with Gasteiger partial charge >= 0.3 is 0 Å². The molecule has 28 heavy (non-hydrogen) atoms. The number of amides is 1. The van der Waals surface area contributed by atoms with Crippen molar-refractivity contribution in [2.75, 3.05) is 33.2 Å². The van der Waals surface area contributed by atoms with Crippen molar-refractivity contribution >= 4 is 17.2 Å². The van der Waals surface area contributed by atoms with Gasteiger partial charge in [-0.25, -0.2) is 0 Å². The van der Waals surface area contributed by atoms with Gasteiger partial charge in [0.05, 0.1) is 11.4 Å². The van der Waals surface area contributed by atoms with Crippen LogP contribution in [0.15, 0.2) is 28.7 Å². The fraction of sp³-hybridized carbons (Fsp3) is 0.591. The molecule has 6 heteroatoms. The normalized spacial score (nSPS) is 21.3. The smallest absolute Gasteiger partial charge is 0.263 e. The molecule has 2 aliphatic rings. The van der Waals surface area contributed by atoms with Crippen LogP contribution in [-0.4, -0.2) is 48.9 Å². The molecule has 2 fully saturated rings. The van der Waals surface area contributed by atoms with Crippen molar-refractivity contribution in [3.8, 4) is 0 Å². The molecule has 4 rings (SSSR count). The van der Waals surface area contributed by atoms with Crippen molar-refractivity contribution in [1.29, 1.82) is 0 Å². The minimum Gasteiger partial charge on any atom is -0.465 e. The summed E-state index contributed by atoms with van der Waals surface area (Å²) < 4.78 is 5.70. The van der Waals surface area contributed by atoms with Gasteiger partial charge in [-0.3, -0.25) is 9.69 Å². The van der Waals surface area contributed by atoms with E-state index in [-0.39, 0.29) is 5.91 Å². The first-order valence-corrected chi connectivity index (χ1v) is 11.3. The van der Waals surface area contributed by atoms with Crippen molar-refractivity contribution in [3.05, 3.63) is 45.5 Å². The lowest BCUT2D eigenvalue weighted by molar-refractivity contribution is 0.0739. The second-order valence-electron chi connectivity index (χ2n) is 8.27. The molecule has 2 saturated heterocycles. The molecule has 152 valence electrons. The maximum atomic E-state index is 12.8. The van der Waals surface area contributed by atoms with Gasteiger partial charge in [0, 0.05) is 24.5 Å². The van der Waals surface area contributed by atoms with E-state index in [9.17, 15) is 4.79 Å². The lowest BCUT2D eigenvalue weighted by atomic mass is 9.96. The van der Waals surface area contributed by atoms with Gasteiger partial charge in [0.2, 0.25) is 0 Å². The number of carbonyl (C=O) groups is 1. The van der Waals surface area contributed by atoms with Gasteiger partial charge in [-0.05, 0) is 82.4 Å². The highest BCUT2D eigenvalue weighted by molar-refractivity contribution is 7.14. The molecule has 5 nitrogen and oxygen atoms in total. The Morgan fingerprint density at radius 3 is 2.75 bits per heavy atom. The van der Waals surface area contributed by atoms with Crippen LogP contribution in [0.25, 0.3) is 0 Å². The fourth-order valence-corrected chi connectivity index (χ4v) is 5.47. The Labute approximate surface area is 171 Å². The van der Waals surface area contributed by atoms with Gasteiger partial charge in [0.15, 0.2) is 0 Å². The molecule has 1 N–H and O–H groups in total. The van der Waals surface area contributed by atoms with Gasteiger partial charge in [-0.1, -0.05) is 0 Å². The number of nitrogens with zero attached hydrogens (tertiary/aromatic N) is 2. The maximum absolute atomic E-state index is 12.8. The Balaban J connectivity index is 1.24. The monoisotopic (exact) mass is 401 g/mol. The summed E-state index contributed by atoms with van der Waals surface area (Å²) in [6.07, 6.45) is 4.68. The molecule has 0 spiro atoms. The molecular weight excluding hydrogens is 370 g/mol. The average Bonchev–Trinajstić information content (AvgIpc) is 3.44.